The monoisotopic (exact) mass is 738 g/mol. The van der Waals surface area contributed by atoms with Gasteiger partial charge in [0.1, 0.15) is 11.1 Å². The first-order valence-corrected chi connectivity index (χ1v) is 21.0. The molecule has 6 aromatic carbocycles. The summed E-state index contributed by atoms with van der Waals surface area (Å²) in [4.78, 5) is 0. The van der Waals surface area contributed by atoms with Crippen molar-refractivity contribution in [2.75, 3.05) is 0 Å². The van der Waals surface area contributed by atoms with Crippen LogP contribution in [-0.2, 0) is 11.1 Å². The molecule has 0 fully saturated rings. The van der Waals surface area contributed by atoms with Gasteiger partial charge in [0.05, 0.1) is 0 Å². The van der Waals surface area contributed by atoms with Crippen LogP contribution in [0.1, 0.15) is 74.9 Å². The Morgan fingerprint density at radius 2 is 0.527 bits per heavy atom. The smallest absolute Gasteiger partial charge is 0.345 e. The molecule has 6 aromatic rings. The molecule has 276 valence electrons. The molecule has 2 heterocycles. The fourth-order valence-corrected chi connectivity index (χ4v) is 14.4. The predicted octanol–water partition coefficient (Wildman–Crippen LogP) is 11.0. The van der Waals surface area contributed by atoms with Crippen molar-refractivity contribution in [2.45, 2.75) is 63.7 Å². The van der Waals surface area contributed by atoms with Crippen LogP contribution < -0.4 is 0 Å². The van der Waals surface area contributed by atoms with Crippen LogP contribution in [0.4, 0.5) is 0 Å². The Morgan fingerprint density at radius 3 is 0.709 bits per heavy atom. The average molecular weight is 739 g/mol. The molecule has 0 saturated carbocycles. The summed E-state index contributed by atoms with van der Waals surface area (Å²) >= 11 is 0. The molecule has 0 N–H and O–H groups in total. The number of benzene rings is 6. The van der Waals surface area contributed by atoms with Crippen molar-refractivity contribution in [3.8, 4) is 0 Å². The number of nitrogens with zero attached hydrogens (tertiary/aromatic N) is 6. The van der Waals surface area contributed by atoms with Crippen LogP contribution in [0, 0.1) is 0 Å². The summed E-state index contributed by atoms with van der Waals surface area (Å²) < 4.78 is 10.1. The van der Waals surface area contributed by atoms with E-state index < -0.39 is 19.8 Å². The van der Waals surface area contributed by atoms with Gasteiger partial charge in [0, 0.05) is 23.5 Å². The lowest BCUT2D eigenvalue weighted by atomic mass is 9.77. The summed E-state index contributed by atoms with van der Waals surface area (Å²) in [6.45, 7) is 13.9. The van der Waals surface area contributed by atoms with Crippen LogP contribution >= 0.6 is 0 Å². The standard InChI is InChI=1S/C48H50N6Si/c1-45(2,3)51-37-38-52(46(4,5)6)55(51)53(47(39-25-13-7-14-26-39,40-27-15-8-16-28-40)41-29-17-9-18-30-41)49-50-54(55)48(42-31-19-10-20-32-42,43-33-21-11-22-34-43)44-35-23-12-24-36-44/h7-38H,1-6H3. The molecular formula is C48H50N6Si. The van der Waals surface area contributed by atoms with E-state index in [1.165, 1.54) is 0 Å². The first-order chi connectivity index (χ1) is 26.6. The maximum atomic E-state index is 5.65. The van der Waals surface area contributed by atoms with Crippen LogP contribution in [-0.4, -0.2) is 38.3 Å². The first-order valence-electron chi connectivity index (χ1n) is 19.2. The molecular weight excluding hydrogens is 689 g/mol. The average Bonchev–Trinajstić information content (AvgIpc) is 3.81. The Hall–Kier alpha value is -5.92. The molecule has 0 radical (unpaired) electrons. The minimum atomic E-state index is -3.74. The predicted molar refractivity (Wildman–Crippen MR) is 225 cm³/mol. The van der Waals surface area contributed by atoms with E-state index in [1.54, 1.807) is 0 Å². The third-order valence-electron chi connectivity index (χ3n) is 11.0. The Bertz CT molecular complexity index is 1900. The van der Waals surface area contributed by atoms with Crippen LogP contribution in [0.15, 0.2) is 205 Å². The van der Waals surface area contributed by atoms with E-state index in [9.17, 15) is 0 Å². The van der Waals surface area contributed by atoms with Gasteiger partial charge in [-0.05, 0) is 74.9 Å². The van der Waals surface area contributed by atoms with Crippen molar-refractivity contribution < 1.29 is 0 Å². The van der Waals surface area contributed by atoms with Crippen LogP contribution in [0.25, 0.3) is 0 Å². The molecule has 0 bridgehead atoms. The van der Waals surface area contributed by atoms with Crippen molar-refractivity contribution in [3.05, 3.63) is 228 Å². The van der Waals surface area contributed by atoms with Crippen LogP contribution in [0.3, 0.4) is 0 Å². The second-order valence-corrected chi connectivity index (χ2v) is 19.4. The normalized spacial score (nSPS) is 15.7. The van der Waals surface area contributed by atoms with Crippen molar-refractivity contribution in [1.82, 2.24) is 18.5 Å². The van der Waals surface area contributed by atoms with Gasteiger partial charge in [0.25, 0.3) is 0 Å². The van der Waals surface area contributed by atoms with Gasteiger partial charge in [-0.25, -0.2) is 9.35 Å². The summed E-state index contributed by atoms with van der Waals surface area (Å²) in [6, 6.07) is 65.4. The van der Waals surface area contributed by atoms with E-state index in [4.69, 9.17) is 10.4 Å². The van der Waals surface area contributed by atoms with Gasteiger partial charge >= 0.3 is 8.72 Å². The summed E-state index contributed by atoms with van der Waals surface area (Å²) in [5.41, 5.74) is 4.11. The second-order valence-electron chi connectivity index (χ2n) is 16.4. The highest BCUT2D eigenvalue weighted by molar-refractivity contribution is 6.71. The fraction of sp³-hybridized carbons (Fsp3) is 0.208. The van der Waals surface area contributed by atoms with Crippen molar-refractivity contribution in [3.63, 3.8) is 0 Å². The molecule has 2 aliphatic rings. The lowest BCUT2D eigenvalue weighted by Gasteiger charge is -2.61. The summed E-state index contributed by atoms with van der Waals surface area (Å²) in [5, 5.41) is 11.3. The lowest BCUT2D eigenvalue weighted by Crippen LogP contribution is -2.84. The van der Waals surface area contributed by atoms with E-state index in [-0.39, 0.29) is 11.1 Å². The van der Waals surface area contributed by atoms with Crippen molar-refractivity contribution >= 4 is 8.72 Å². The van der Waals surface area contributed by atoms with Gasteiger partial charge in [0.15, 0.2) is 0 Å². The number of rotatable bonds is 8. The SMILES string of the molecule is CC(C)(C)N1C=CN(C(C)(C)C)[Si]12N(C(c1ccccc1)(c1ccccc1)c1ccccc1)N=NN2C(c1ccccc1)(c1ccccc1)c1ccccc1. The molecule has 1 spiro atoms. The van der Waals surface area contributed by atoms with E-state index in [1.807, 2.05) is 0 Å². The number of hydrogen-bond acceptors (Lipinski definition) is 6. The Morgan fingerprint density at radius 1 is 0.327 bits per heavy atom. The molecule has 0 aliphatic carbocycles. The van der Waals surface area contributed by atoms with Gasteiger partial charge in [-0.1, -0.05) is 192 Å². The highest BCUT2D eigenvalue weighted by atomic mass is 28.4. The third-order valence-corrected chi connectivity index (χ3v) is 15.9. The van der Waals surface area contributed by atoms with Gasteiger partial charge < -0.3 is 9.13 Å². The van der Waals surface area contributed by atoms with Crippen molar-refractivity contribution in [2.24, 2.45) is 10.4 Å². The Balaban J connectivity index is 1.59. The topological polar surface area (TPSA) is 37.7 Å². The minimum absolute atomic E-state index is 0.361. The van der Waals surface area contributed by atoms with Gasteiger partial charge in [0.2, 0.25) is 0 Å². The zero-order valence-electron chi connectivity index (χ0n) is 32.7. The molecule has 8 rings (SSSR count). The highest BCUT2D eigenvalue weighted by Gasteiger charge is 2.76. The highest BCUT2D eigenvalue weighted by Crippen LogP contribution is 2.58. The Labute approximate surface area is 328 Å². The molecule has 55 heavy (non-hydrogen) atoms. The summed E-state index contributed by atoms with van der Waals surface area (Å²) in [5.74, 6) is 0. The quantitative estimate of drug-likeness (QED) is 0.115. The molecule has 0 atom stereocenters. The van der Waals surface area contributed by atoms with E-state index in [0.29, 0.717) is 0 Å². The van der Waals surface area contributed by atoms with E-state index in [0.717, 1.165) is 33.4 Å². The lowest BCUT2D eigenvalue weighted by molar-refractivity contribution is 0.123. The van der Waals surface area contributed by atoms with E-state index >= 15 is 0 Å². The number of hydrogen-bond donors (Lipinski definition) is 0. The molecule has 2 aliphatic heterocycles. The van der Waals surface area contributed by atoms with Crippen molar-refractivity contribution in [1.29, 1.82) is 0 Å². The van der Waals surface area contributed by atoms with Gasteiger partial charge in [-0.3, -0.25) is 0 Å². The maximum Gasteiger partial charge on any atom is 0.541 e. The zero-order valence-corrected chi connectivity index (χ0v) is 33.7. The molecule has 7 heteroatoms. The van der Waals surface area contributed by atoms with Crippen LogP contribution in [0.2, 0.25) is 0 Å². The fourth-order valence-electron chi connectivity index (χ4n) is 8.89. The summed E-state index contributed by atoms with van der Waals surface area (Å²) in [7, 11) is -3.74. The molecule has 0 saturated heterocycles. The molecule has 0 aromatic heterocycles. The zero-order chi connectivity index (χ0) is 38.3. The third kappa shape index (κ3) is 5.51. The van der Waals surface area contributed by atoms with Gasteiger partial charge in [-0.2, -0.15) is 0 Å². The molecule has 6 nitrogen and oxygen atoms in total. The largest absolute Gasteiger partial charge is 0.541 e. The van der Waals surface area contributed by atoms with Gasteiger partial charge in [-0.15, -0.1) is 0 Å². The minimum Gasteiger partial charge on any atom is -0.345 e. The maximum absolute atomic E-state index is 5.65. The van der Waals surface area contributed by atoms with E-state index in [2.05, 4.69) is 254 Å². The first kappa shape index (κ1) is 36.1. The molecule has 0 unspecified atom stereocenters. The molecule has 0 amide bonds. The second kappa shape index (κ2) is 13.7. The Kier molecular flexibility index (Phi) is 9.01. The van der Waals surface area contributed by atoms with Crippen LogP contribution in [0.5, 0.6) is 0 Å². The summed E-state index contributed by atoms with van der Waals surface area (Å²) in [6.07, 6.45) is 4.62.